The van der Waals surface area contributed by atoms with Gasteiger partial charge in [0.25, 0.3) is 0 Å². The van der Waals surface area contributed by atoms with Crippen LogP contribution in [0.25, 0.3) is 0 Å². The molecule has 1 aromatic carbocycles. The molecule has 0 aromatic heterocycles. The molecule has 9 heteroatoms. The van der Waals surface area contributed by atoms with Crippen molar-refractivity contribution in [2.75, 3.05) is 12.4 Å². The van der Waals surface area contributed by atoms with Gasteiger partial charge < -0.3 is 4.74 Å². The van der Waals surface area contributed by atoms with Gasteiger partial charge in [-0.1, -0.05) is 31.7 Å². The van der Waals surface area contributed by atoms with E-state index in [0.717, 1.165) is 12.8 Å². The van der Waals surface area contributed by atoms with Crippen LogP contribution in [-0.2, 0) is 19.6 Å². The molecule has 3 rings (SSSR count). The summed E-state index contributed by atoms with van der Waals surface area (Å²) in [5.41, 5.74) is 0.647. The van der Waals surface area contributed by atoms with Crippen LogP contribution in [-0.4, -0.2) is 32.6 Å². The Morgan fingerprint density at radius 1 is 1.19 bits per heavy atom. The molecule has 0 radical (unpaired) electrons. The minimum atomic E-state index is -3.51. The van der Waals surface area contributed by atoms with E-state index in [-0.39, 0.29) is 35.7 Å². The number of hydrogen-bond acceptors (Lipinski definition) is 5. The Bertz CT molecular complexity index is 915. The lowest BCUT2D eigenvalue weighted by Crippen LogP contribution is -2.29. The number of amides is 2. The SMILES string of the molecule is C[C@@H](NS(=O)(=O)CCCCCC1CC(=O)NC1=O)c1ccc(F)c(OCC2CCCC2)c1. The predicted octanol–water partition coefficient (Wildman–Crippen LogP) is 3.60. The smallest absolute Gasteiger partial charge is 0.230 e. The number of hydrogen-bond donors (Lipinski definition) is 2. The fourth-order valence-electron chi connectivity index (χ4n) is 4.38. The Morgan fingerprint density at radius 3 is 2.62 bits per heavy atom. The van der Waals surface area contributed by atoms with Gasteiger partial charge in [-0.3, -0.25) is 14.9 Å². The Morgan fingerprint density at radius 2 is 1.94 bits per heavy atom. The van der Waals surface area contributed by atoms with Gasteiger partial charge in [-0.25, -0.2) is 17.5 Å². The Labute approximate surface area is 189 Å². The summed E-state index contributed by atoms with van der Waals surface area (Å²) in [5.74, 6) is -0.621. The van der Waals surface area contributed by atoms with E-state index >= 15 is 0 Å². The number of imide groups is 1. The highest BCUT2D eigenvalue weighted by atomic mass is 32.2. The topological polar surface area (TPSA) is 102 Å². The van der Waals surface area contributed by atoms with Gasteiger partial charge in [-0.05, 0) is 56.2 Å². The van der Waals surface area contributed by atoms with Gasteiger partial charge in [-0.15, -0.1) is 0 Å². The first-order valence-corrected chi connectivity index (χ1v) is 13.1. The molecule has 7 nitrogen and oxygen atoms in total. The number of benzene rings is 1. The number of ether oxygens (including phenoxy) is 1. The molecular weight excluding hydrogens is 435 g/mol. The lowest BCUT2D eigenvalue weighted by Gasteiger charge is -2.17. The molecule has 1 heterocycles. The van der Waals surface area contributed by atoms with Crippen molar-refractivity contribution in [1.82, 2.24) is 10.0 Å². The van der Waals surface area contributed by atoms with E-state index in [4.69, 9.17) is 4.74 Å². The van der Waals surface area contributed by atoms with Gasteiger partial charge in [0.1, 0.15) is 0 Å². The lowest BCUT2D eigenvalue weighted by molar-refractivity contribution is -0.125. The molecular formula is C23H33FN2O5S. The molecule has 0 spiro atoms. The fraction of sp³-hybridized carbons (Fsp3) is 0.652. The molecule has 0 bridgehead atoms. The third-order valence-corrected chi connectivity index (χ3v) is 7.83. The van der Waals surface area contributed by atoms with Crippen LogP contribution in [0.2, 0.25) is 0 Å². The van der Waals surface area contributed by atoms with E-state index in [9.17, 15) is 22.4 Å². The molecule has 178 valence electrons. The highest BCUT2D eigenvalue weighted by molar-refractivity contribution is 7.89. The average Bonchev–Trinajstić information content (AvgIpc) is 3.35. The molecule has 1 aromatic rings. The number of unbranched alkanes of at least 4 members (excludes halogenated alkanes) is 2. The van der Waals surface area contributed by atoms with E-state index in [0.29, 0.717) is 43.8 Å². The molecule has 2 atom stereocenters. The second kappa shape index (κ2) is 11.2. The van der Waals surface area contributed by atoms with Crippen LogP contribution in [0.4, 0.5) is 4.39 Å². The number of sulfonamides is 1. The molecule has 2 aliphatic rings. The second-order valence-corrected chi connectivity index (χ2v) is 10.8. The van der Waals surface area contributed by atoms with E-state index in [1.54, 1.807) is 19.1 Å². The first-order chi connectivity index (χ1) is 15.2. The molecule has 1 aliphatic heterocycles. The largest absolute Gasteiger partial charge is 0.490 e. The summed E-state index contributed by atoms with van der Waals surface area (Å²) in [6.07, 6.45) is 7.19. The summed E-state index contributed by atoms with van der Waals surface area (Å²) in [6, 6.07) is 3.95. The maximum atomic E-state index is 14.1. The summed E-state index contributed by atoms with van der Waals surface area (Å²) in [4.78, 5) is 22.7. The van der Waals surface area contributed by atoms with E-state index in [2.05, 4.69) is 10.0 Å². The van der Waals surface area contributed by atoms with E-state index in [1.165, 1.54) is 18.9 Å². The minimum Gasteiger partial charge on any atom is -0.490 e. The van der Waals surface area contributed by atoms with Gasteiger partial charge in [0.15, 0.2) is 11.6 Å². The zero-order valence-corrected chi connectivity index (χ0v) is 19.4. The summed E-state index contributed by atoms with van der Waals surface area (Å²) in [7, 11) is -3.51. The maximum Gasteiger partial charge on any atom is 0.230 e. The van der Waals surface area contributed by atoms with Crippen molar-refractivity contribution in [3.8, 4) is 5.75 Å². The first kappa shape index (κ1) is 24.6. The molecule has 1 unspecified atom stereocenters. The molecule has 2 fully saturated rings. The van der Waals surface area contributed by atoms with Crippen LogP contribution in [0.3, 0.4) is 0 Å². The minimum absolute atomic E-state index is 0.0284. The number of rotatable bonds is 12. The van der Waals surface area contributed by atoms with Gasteiger partial charge in [0.2, 0.25) is 21.8 Å². The van der Waals surface area contributed by atoms with Crippen molar-refractivity contribution in [1.29, 1.82) is 0 Å². The average molecular weight is 469 g/mol. The van der Waals surface area contributed by atoms with Crippen molar-refractivity contribution in [2.45, 2.75) is 70.8 Å². The molecule has 32 heavy (non-hydrogen) atoms. The molecule has 2 N–H and O–H groups in total. The van der Waals surface area contributed by atoms with Crippen molar-refractivity contribution < 1.29 is 27.1 Å². The first-order valence-electron chi connectivity index (χ1n) is 11.5. The summed E-state index contributed by atoms with van der Waals surface area (Å²) >= 11 is 0. The number of carbonyl (C=O) groups excluding carboxylic acids is 2. The van der Waals surface area contributed by atoms with Crippen molar-refractivity contribution in [3.05, 3.63) is 29.6 Å². The van der Waals surface area contributed by atoms with Crippen LogP contribution >= 0.6 is 0 Å². The van der Waals surface area contributed by atoms with Crippen molar-refractivity contribution >= 4 is 21.8 Å². The Kier molecular flexibility index (Phi) is 8.64. The third kappa shape index (κ3) is 7.27. The highest BCUT2D eigenvalue weighted by Gasteiger charge is 2.29. The van der Waals surface area contributed by atoms with Crippen LogP contribution in [0.15, 0.2) is 18.2 Å². The normalized spacial score (nSPS) is 20.5. The van der Waals surface area contributed by atoms with Crippen LogP contribution in [0, 0.1) is 17.7 Å². The summed E-state index contributed by atoms with van der Waals surface area (Å²) < 4.78 is 47.4. The zero-order chi connectivity index (χ0) is 23.1. The molecule has 1 saturated carbocycles. The lowest BCUT2D eigenvalue weighted by atomic mass is 10.00. The molecule has 2 amide bonds. The Hall–Kier alpha value is -2.00. The van der Waals surface area contributed by atoms with E-state index in [1.807, 2.05) is 0 Å². The Balaban J connectivity index is 1.43. The predicted molar refractivity (Wildman–Crippen MR) is 119 cm³/mol. The van der Waals surface area contributed by atoms with Gasteiger partial charge in [0.05, 0.1) is 12.4 Å². The number of nitrogens with one attached hydrogen (secondary N) is 2. The van der Waals surface area contributed by atoms with Gasteiger partial charge in [-0.2, -0.15) is 0 Å². The monoisotopic (exact) mass is 468 g/mol. The van der Waals surface area contributed by atoms with Crippen molar-refractivity contribution in [3.63, 3.8) is 0 Å². The fourth-order valence-corrected chi connectivity index (χ4v) is 5.76. The second-order valence-electron chi connectivity index (χ2n) is 8.97. The maximum absolute atomic E-state index is 14.1. The third-order valence-electron chi connectivity index (χ3n) is 6.29. The van der Waals surface area contributed by atoms with Crippen molar-refractivity contribution in [2.24, 2.45) is 11.8 Å². The standard InChI is InChI=1S/C23H33FN2O5S/c1-16(18-10-11-20(24)21(13-18)31-15-17-7-4-5-8-17)26-32(29,30)12-6-2-3-9-19-14-22(27)25-23(19)28/h10-11,13,16-17,19,26H,2-9,12,14-15H2,1H3,(H,25,27,28)/t16-,19?/m1/s1. The van der Waals surface area contributed by atoms with Gasteiger partial charge >= 0.3 is 0 Å². The van der Waals surface area contributed by atoms with Crippen LogP contribution < -0.4 is 14.8 Å². The molecule has 1 saturated heterocycles. The highest BCUT2D eigenvalue weighted by Crippen LogP contribution is 2.28. The number of carbonyl (C=O) groups is 2. The zero-order valence-electron chi connectivity index (χ0n) is 18.6. The summed E-state index contributed by atoms with van der Waals surface area (Å²) in [5, 5.41) is 2.28. The quantitative estimate of drug-likeness (QED) is 0.361. The van der Waals surface area contributed by atoms with Gasteiger partial charge in [0, 0.05) is 18.4 Å². The molecule has 1 aliphatic carbocycles. The van der Waals surface area contributed by atoms with E-state index < -0.39 is 21.9 Å². The van der Waals surface area contributed by atoms with Crippen LogP contribution in [0.5, 0.6) is 5.75 Å². The van der Waals surface area contributed by atoms with Crippen LogP contribution in [0.1, 0.15) is 76.3 Å². The summed E-state index contributed by atoms with van der Waals surface area (Å²) in [6.45, 7) is 2.21. The number of halogens is 1.